The Kier molecular flexibility index (Phi) is 6.07. The van der Waals surface area contributed by atoms with Gasteiger partial charge in [-0.3, -0.25) is 9.69 Å². The summed E-state index contributed by atoms with van der Waals surface area (Å²) in [6, 6.07) is 1.63. The maximum atomic E-state index is 12.4. The van der Waals surface area contributed by atoms with E-state index in [1.807, 2.05) is 13.0 Å². The first kappa shape index (κ1) is 15.9. The molecule has 0 bridgehead atoms. The Hall–Kier alpha value is -1.53. The van der Waals surface area contributed by atoms with E-state index < -0.39 is 0 Å². The predicted octanol–water partition coefficient (Wildman–Crippen LogP) is 0.902. The van der Waals surface area contributed by atoms with Gasteiger partial charge in [-0.25, -0.2) is 9.97 Å². The van der Waals surface area contributed by atoms with Crippen LogP contribution in [0.25, 0.3) is 0 Å². The molecule has 1 amide bonds. The first-order valence-electron chi connectivity index (χ1n) is 7.58. The largest absolute Gasteiger partial charge is 0.378 e. The van der Waals surface area contributed by atoms with Crippen molar-refractivity contribution in [1.29, 1.82) is 0 Å². The number of amides is 1. The summed E-state index contributed by atoms with van der Waals surface area (Å²) in [4.78, 5) is 22.9. The molecular formula is C15H24N4O2. The molecule has 1 aromatic heterocycles. The SMILES string of the molecule is CCCCN1CCOCC1C(=O)NCc1ccnc(C)n1. The van der Waals surface area contributed by atoms with Gasteiger partial charge in [0.05, 0.1) is 25.5 Å². The van der Waals surface area contributed by atoms with Crippen LogP contribution in [0.15, 0.2) is 12.3 Å². The van der Waals surface area contributed by atoms with Crippen molar-refractivity contribution in [2.24, 2.45) is 0 Å². The normalized spacial score (nSPS) is 19.4. The molecule has 0 saturated carbocycles. The lowest BCUT2D eigenvalue weighted by atomic mass is 10.2. The number of hydrogen-bond donors (Lipinski definition) is 1. The summed E-state index contributed by atoms with van der Waals surface area (Å²) in [7, 11) is 0. The molecule has 1 unspecified atom stereocenters. The van der Waals surface area contributed by atoms with Crippen LogP contribution in [0.1, 0.15) is 31.3 Å². The smallest absolute Gasteiger partial charge is 0.240 e. The Balaban J connectivity index is 1.88. The average Bonchev–Trinajstić information content (AvgIpc) is 2.51. The summed E-state index contributed by atoms with van der Waals surface area (Å²) in [6.07, 6.45) is 3.95. The van der Waals surface area contributed by atoms with Crippen LogP contribution in [0.5, 0.6) is 0 Å². The fraction of sp³-hybridized carbons (Fsp3) is 0.667. The second kappa shape index (κ2) is 8.05. The molecule has 1 N–H and O–H groups in total. The number of nitrogens with one attached hydrogen (secondary N) is 1. The standard InChI is InChI=1S/C15H24N4O2/c1-3-4-7-19-8-9-21-11-14(19)15(20)17-10-13-5-6-16-12(2)18-13/h5-6,14H,3-4,7-11H2,1-2H3,(H,17,20). The monoisotopic (exact) mass is 292 g/mol. The lowest BCUT2D eigenvalue weighted by molar-refractivity contribution is -0.132. The number of carbonyl (C=O) groups excluding carboxylic acids is 1. The number of aryl methyl sites for hydroxylation is 1. The van der Waals surface area contributed by atoms with Gasteiger partial charge in [0.25, 0.3) is 0 Å². The molecule has 6 nitrogen and oxygen atoms in total. The highest BCUT2D eigenvalue weighted by atomic mass is 16.5. The molecule has 0 spiro atoms. The molecule has 0 radical (unpaired) electrons. The minimum Gasteiger partial charge on any atom is -0.378 e. The van der Waals surface area contributed by atoms with Crippen molar-refractivity contribution in [3.63, 3.8) is 0 Å². The van der Waals surface area contributed by atoms with Gasteiger partial charge in [-0.05, 0) is 26.0 Å². The van der Waals surface area contributed by atoms with Crippen LogP contribution >= 0.6 is 0 Å². The number of ether oxygens (including phenoxy) is 1. The highest BCUT2D eigenvalue weighted by Crippen LogP contribution is 2.09. The molecule has 1 fully saturated rings. The summed E-state index contributed by atoms with van der Waals surface area (Å²) in [5.74, 6) is 0.731. The van der Waals surface area contributed by atoms with Crippen molar-refractivity contribution in [3.05, 3.63) is 23.8 Å². The van der Waals surface area contributed by atoms with Crippen molar-refractivity contribution in [2.75, 3.05) is 26.3 Å². The highest BCUT2D eigenvalue weighted by Gasteiger charge is 2.28. The highest BCUT2D eigenvalue weighted by molar-refractivity contribution is 5.81. The second-order valence-electron chi connectivity index (χ2n) is 5.29. The molecule has 2 rings (SSSR count). The minimum absolute atomic E-state index is 0.0158. The molecule has 1 atom stereocenters. The molecule has 0 aliphatic carbocycles. The summed E-state index contributed by atoms with van der Waals surface area (Å²) >= 11 is 0. The lowest BCUT2D eigenvalue weighted by Crippen LogP contribution is -2.53. The topological polar surface area (TPSA) is 67.3 Å². The van der Waals surface area contributed by atoms with Crippen molar-refractivity contribution in [1.82, 2.24) is 20.2 Å². The van der Waals surface area contributed by atoms with Crippen LogP contribution in [-0.4, -0.2) is 53.1 Å². The molecule has 0 aromatic carbocycles. The maximum absolute atomic E-state index is 12.4. The van der Waals surface area contributed by atoms with Gasteiger partial charge in [-0.15, -0.1) is 0 Å². The number of hydrogen-bond acceptors (Lipinski definition) is 5. The van der Waals surface area contributed by atoms with Gasteiger partial charge in [0, 0.05) is 12.7 Å². The first-order valence-corrected chi connectivity index (χ1v) is 7.58. The summed E-state index contributed by atoms with van der Waals surface area (Å²) in [5.41, 5.74) is 0.827. The van der Waals surface area contributed by atoms with E-state index in [-0.39, 0.29) is 11.9 Å². The molecule has 1 saturated heterocycles. The van der Waals surface area contributed by atoms with E-state index in [9.17, 15) is 4.79 Å². The molecule has 21 heavy (non-hydrogen) atoms. The molecule has 6 heteroatoms. The molecule has 116 valence electrons. The second-order valence-corrected chi connectivity index (χ2v) is 5.29. The molecular weight excluding hydrogens is 268 g/mol. The van der Waals surface area contributed by atoms with Crippen molar-refractivity contribution >= 4 is 5.91 Å². The van der Waals surface area contributed by atoms with Crippen LogP contribution in [0.2, 0.25) is 0 Å². The summed E-state index contributed by atoms with van der Waals surface area (Å²) in [5, 5.41) is 2.95. The summed E-state index contributed by atoms with van der Waals surface area (Å²) in [6.45, 7) is 7.38. The van der Waals surface area contributed by atoms with Crippen molar-refractivity contribution in [2.45, 2.75) is 39.3 Å². The fourth-order valence-corrected chi connectivity index (χ4v) is 2.41. The zero-order valence-electron chi connectivity index (χ0n) is 12.8. The van der Waals surface area contributed by atoms with Crippen LogP contribution in [0.4, 0.5) is 0 Å². The van der Waals surface area contributed by atoms with Crippen LogP contribution in [0, 0.1) is 6.92 Å². The van der Waals surface area contributed by atoms with Crippen molar-refractivity contribution < 1.29 is 9.53 Å². The Labute approximate surface area is 125 Å². The quantitative estimate of drug-likeness (QED) is 0.844. The van der Waals surface area contributed by atoms with E-state index in [4.69, 9.17) is 4.74 Å². The van der Waals surface area contributed by atoms with Crippen LogP contribution in [-0.2, 0) is 16.1 Å². The van der Waals surface area contributed by atoms with Gasteiger partial charge in [0.1, 0.15) is 11.9 Å². The zero-order valence-corrected chi connectivity index (χ0v) is 12.8. The van der Waals surface area contributed by atoms with E-state index in [1.165, 1.54) is 0 Å². The van der Waals surface area contributed by atoms with E-state index in [0.717, 1.165) is 31.6 Å². The number of aromatic nitrogens is 2. The first-order chi connectivity index (χ1) is 10.2. The lowest BCUT2D eigenvalue weighted by Gasteiger charge is -2.34. The number of carbonyl (C=O) groups is 1. The summed E-state index contributed by atoms with van der Waals surface area (Å²) < 4.78 is 5.46. The number of unbranched alkanes of at least 4 members (excludes halogenated alkanes) is 1. The van der Waals surface area contributed by atoms with Crippen LogP contribution < -0.4 is 5.32 Å². The predicted molar refractivity (Wildman–Crippen MR) is 79.7 cm³/mol. The number of nitrogens with zero attached hydrogens (tertiary/aromatic N) is 3. The molecule has 2 heterocycles. The third-order valence-corrected chi connectivity index (χ3v) is 3.62. The Morgan fingerprint density at radius 3 is 3.19 bits per heavy atom. The van der Waals surface area contributed by atoms with E-state index in [2.05, 4.69) is 27.1 Å². The number of morpholine rings is 1. The fourth-order valence-electron chi connectivity index (χ4n) is 2.41. The van der Waals surface area contributed by atoms with E-state index in [0.29, 0.717) is 25.6 Å². The van der Waals surface area contributed by atoms with Crippen molar-refractivity contribution in [3.8, 4) is 0 Å². The Morgan fingerprint density at radius 1 is 1.57 bits per heavy atom. The van der Waals surface area contributed by atoms with E-state index >= 15 is 0 Å². The van der Waals surface area contributed by atoms with Gasteiger partial charge in [-0.1, -0.05) is 13.3 Å². The number of rotatable bonds is 6. The van der Waals surface area contributed by atoms with E-state index in [1.54, 1.807) is 6.20 Å². The average molecular weight is 292 g/mol. The Morgan fingerprint density at radius 2 is 2.43 bits per heavy atom. The molecule has 1 aliphatic rings. The van der Waals surface area contributed by atoms with Gasteiger partial charge < -0.3 is 10.1 Å². The third kappa shape index (κ3) is 4.75. The molecule has 1 aliphatic heterocycles. The maximum Gasteiger partial charge on any atom is 0.240 e. The van der Waals surface area contributed by atoms with Gasteiger partial charge >= 0.3 is 0 Å². The zero-order chi connectivity index (χ0) is 15.1. The van der Waals surface area contributed by atoms with Gasteiger partial charge in [0.15, 0.2) is 0 Å². The van der Waals surface area contributed by atoms with Crippen LogP contribution in [0.3, 0.4) is 0 Å². The molecule has 1 aromatic rings. The minimum atomic E-state index is -0.187. The van der Waals surface area contributed by atoms with Gasteiger partial charge in [-0.2, -0.15) is 0 Å². The Bertz CT molecular complexity index is 467. The van der Waals surface area contributed by atoms with Gasteiger partial charge in [0.2, 0.25) is 5.91 Å². The third-order valence-electron chi connectivity index (χ3n) is 3.62.